The summed E-state index contributed by atoms with van der Waals surface area (Å²) in [5.74, 6) is 0. The molecule has 1 N–H and O–H groups in total. The van der Waals surface area contributed by atoms with Crippen molar-refractivity contribution in [3.63, 3.8) is 0 Å². The van der Waals surface area contributed by atoms with Gasteiger partial charge < -0.3 is 5.32 Å². The Balaban J connectivity index is 1.87. The van der Waals surface area contributed by atoms with E-state index in [0.717, 1.165) is 27.6 Å². The summed E-state index contributed by atoms with van der Waals surface area (Å²) >= 11 is 5.15. The molecule has 5 heteroatoms. The van der Waals surface area contributed by atoms with Crippen molar-refractivity contribution < 1.29 is 0 Å². The number of rotatable bonds is 4. The second kappa shape index (κ2) is 5.52. The molecule has 84 valence electrons. The van der Waals surface area contributed by atoms with Gasteiger partial charge in [-0.05, 0) is 18.6 Å². The molecule has 16 heavy (non-hydrogen) atoms. The lowest BCUT2D eigenvalue weighted by Gasteiger charge is -2.04. The Hall–Kier alpha value is -0.780. The Labute approximate surface area is 107 Å². The van der Waals surface area contributed by atoms with Crippen LogP contribution >= 0.6 is 27.3 Å². The fourth-order valence-electron chi connectivity index (χ4n) is 1.35. The number of hydrogen-bond donors (Lipinski definition) is 1. The number of benzene rings is 1. The minimum Gasteiger partial charge on any atom is -0.306 e. The number of halogens is 1. The van der Waals surface area contributed by atoms with Gasteiger partial charge in [0.2, 0.25) is 0 Å². The first-order valence-electron chi connectivity index (χ1n) is 4.99. The molecule has 0 atom stereocenters. The van der Waals surface area contributed by atoms with E-state index in [1.54, 1.807) is 11.3 Å². The van der Waals surface area contributed by atoms with Crippen molar-refractivity contribution in [3.8, 4) is 0 Å². The molecule has 0 aliphatic rings. The van der Waals surface area contributed by atoms with Gasteiger partial charge in [-0.1, -0.05) is 34.1 Å². The molecule has 3 nitrogen and oxygen atoms in total. The SMILES string of the molecule is Cc1nnc(CNCc2ccccc2Br)s1. The maximum Gasteiger partial charge on any atom is 0.131 e. The maximum atomic E-state index is 4.06. The summed E-state index contributed by atoms with van der Waals surface area (Å²) in [5, 5.41) is 13.4. The summed E-state index contributed by atoms with van der Waals surface area (Å²) in [5.41, 5.74) is 1.25. The number of nitrogens with one attached hydrogen (secondary N) is 1. The lowest BCUT2D eigenvalue weighted by molar-refractivity contribution is 0.682. The van der Waals surface area contributed by atoms with Crippen LogP contribution in [-0.2, 0) is 13.1 Å². The minimum atomic E-state index is 0.771. The first-order valence-corrected chi connectivity index (χ1v) is 6.60. The van der Waals surface area contributed by atoms with Crippen molar-refractivity contribution in [1.29, 1.82) is 0 Å². The van der Waals surface area contributed by atoms with Gasteiger partial charge in [0.15, 0.2) is 0 Å². The summed E-state index contributed by atoms with van der Waals surface area (Å²) in [6, 6.07) is 8.20. The van der Waals surface area contributed by atoms with Crippen LogP contribution in [0.4, 0.5) is 0 Å². The van der Waals surface area contributed by atoms with Crippen molar-refractivity contribution in [3.05, 3.63) is 44.3 Å². The molecule has 0 aliphatic carbocycles. The van der Waals surface area contributed by atoms with E-state index in [4.69, 9.17) is 0 Å². The monoisotopic (exact) mass is 297 g/mol. The highest BCUT2D eigenvalue weighted by Gasteiger charge is 2.01. The quantitative estimate of drug-likeness (QED) is 0.943. The first kappa shape index (κ1) is 11.7. The number of hydrogen-bond acceptors (Lipinski definition) is 4. The van der Waals surface area contributed by atoms with E-state index in [1.165, 1.54) is 5.56 Å². The van der Waals surface area contributed by atoms with E-state index in [-0.39, 0.29) is 0 Å². The number of aryl methyl sites for hydroxylation is 1. The average Bonchev–Trinajstić information content (AvgIpc) is 2.67. The van der Waals surface area contributed by atoms with Crippen LogP contribution in [-0.4, -0.2) is 10.2 Å². The van der Waals surface area contributed by atoms with Crippen LogP contribution in [0, 0.1) is 6.92 Å². The van der Waals surface area contributed by atoms with Crippen LogP contribution in [0.15, 0.2) is 28.7 Å². The predicted octanol–water partition coefficient (Wildman–Crippen LogP) is 2.90. The molecule has 1 heterocycles. The van der Waals surface area contributed by atoms with E-state index >= 15 is 0 Å². The van der Waals surface area contributed by atoms with E-state index in [2.05, 4.69) is 37.5 Å². The van der Waals surface area contributed by atoms with E-state index in [1.807, 2.05) is 25.1 Å². The molecule has 0 aliphatic heterocycles. The van der Waals surface area contributed by atoms with Crippen LogP contribution in [0.5, 0.6) is 0 Å². The summed E-state index contributed by atoms with van der Waals surface area (Å²) in [6.07, 6.45) is 0. The molecule has 0 fully saturated rings. The smallest absolute Gasteiger partial charge is 0.131 e. The molecule has 2 rings (SSSR count). The van der Waals surface area contributed by atoms with Crippen LogP contribution < -0.4 is 5.32 Å². The van der Waals surface area contributed by atoms with Gasteiger partial charge in [0.05, 0.1) is 0 Å². The summed E-state index contributed by atoms with van der Waals surface area (Å²) in [4.78, 5) is 0. The average molecular weight is 298 g/mol. The summed E-state index contributed by atoms with van der Waals surface area (Å²) in [7, 11) is 0. The third kappa shape index (κ3) is 3.10. The second-order valence-corrected chi connectivity index (χ2v) is 5.53. The van der Waals surface area contributed by atoms with Crippen LogP contribution in [0.1, 0.15) is 15.6 Å². The van der Waals surface area contributed by atoms with Crippen LogP contribution in [0.25, 0.3) is 0 Å². The van der Waals surface area contributed by atoms with Crippen molar-refractivity contribution in [1.82, 2.24) is 15.5 Å². The Bertz CT molecular complexity index is 470. The van der Waals surface area contributed by atoms with Crippen LogP contribution in [0.3, 0.4) is 0 Å². The van der Waals surface area contributed by atoms with Crippen molar-refractivity contribution >= 4 is 27.3 Å². The highest BCUT2D eigenvalue weighted by molar-refractivity contribution is 9.10. The normalized spacial score (nSPS) is 10.6. The molecule has 2 aromatic rings. The molecule has 0 radical (unpaired) electrons. The van der Waals surface area contributed by atoms with Gasteiger partial charge >= 0.3 is 0 Å². The zero-order valence-electron chi connectivity index (χ0n) is 8.90. The zero-order chi connectivity index (χ0) is 11.4. The van der Waals surface area contributed by atoms with Gasteiger partial charge in [-0.2, -0.15) is 0 Å². The van der Waals surface area contributed by atoms with Gasteiger partial charge in [-0.3, -0.25) is 0 Å². The molecular formula is C11H12BrN3S. The Morgan fingerprint density at radius 1 is 1.25 bits per heavy atom. The molecule has 0 amide bonds. The molecule has 0 unspecified atom stereocenters. The molecule has 0 bridgehead atoms. The molecule has 0 spiro atoms. The van der Waals surface area contributed by atoms with E-state index < -0.39 is 0 Å². The second-order valence-electron chi connectivity index (χ2n) is 3.41. The number of aromatic nitrogens is 2. The van der Waals surface area contributed by atoms with Crippen LogP contribution in [0.2, 0.25) is 0 Å². The van der Waals surface area contributed by atoms with E-state index in [9.17, 15) is 0 Å². The highest BCUT2D eigenvalue weighted by atomic mass is 79.9. The van der Waals surface area contributed by atoms with Gasteiger partial charge in [0.1, 0.15) is 10.0 Å². The fraction of sp³-hybridized carbons (Fsp3) is 0.273. The van der Waals surface area contributed by atoms with E-state index in [0.29, 0.717) is 0 Å². The van der Waals surface area contributed by atoms with Gasteiger partial charge in [-0.15, -0.1) is 21.5 Å². The molecular weight excluding hydrogens is 286 g/mol. The van der Waals surface area contributed by atoms with Gasteiger partial charge in [0, 0.05) is 17.6 Å². The Morgan fingerprint density at radius 2 is 2.06 bits per heavy atom. The first-order chi connectivity index (χ1) is 7.75. The summed E-state index contributed by atoms with van der Waals surface area (Å²) in [6.45, 7) is 3.57. The summed E-state index contributed by atoms with van der Waals surface area (Å²) < 4.78 is 1.14. The Morgan fingerprint density at radius 3 is 2.75 bits per heavy atom. The minimum absolute atomic E-state index is 0.771. The third-order valence-electron chi connectivity index (χ3n) is 2.12. The largest absolute Gasteiger partial charge is 0.306 e. The van der Waals surface area contributed by atoms with Crippen molar-refractivity contribution in [2.24, 2.45) is 0 Å². The van der Waals surface area contributed by atoms with Crippen molar-refractivity contribution in [2.45, 2.75) is 20.0 Å². The molecule has 0 saturated heterocycles. The van der Waals surface area contributed by atoms with Gasteiger partial charge in [0.25, 0.3) is 0 Å². The van der Waals surface area contributed by atoms with Gasteiger partial charge in [-0.25, -0.2) is 0 Å². The molecule has 1 aromatic heterocycles. The van der Waals surface area contributed by atoms with Crippen molar-refractivity contribution in [2.75, 3.05) is 0 Å². The molecule has 1 aromatic carbocycles. The number of nitrogens with zero attached hydrogens (tertiary/aromatic N) is 2. The lowest BCUT2D eigenvalue weighted by Crippen LogP contribution is -2.12. The lowest BCUT2D eigenvalue weighted by atomic mass is 10.2. The highest BCUT2D eigenvalue weighted by Crippen LogP contribution is 2.15. The maximum absolute atomic E-state index is 4.06. The molecule has 0 saturated carbocycles. The topological polar surface area (TPSA) is 37.8 Å². The third-order valence-corrected chi connectivity index (χ3v) is 3.73. The zero-order valence-corrected chi connectivity index (χ0v) is 11.3. The Kier molecular flexibility index (Phi) is 4.04. The standard InChI is InChI=1S/C11H12BrN3S/c1-8-14-15-11(16-8)7-13-6-9-4-2-3-5-10(9)12/h2-5,13H,6-7H2,1H3. The fourth-order valence-corrected chi connectivity index (χ4v) is 2.46. The predicted molar refractivity (Wildman–Crippen MR) is 69.3 cm³/mol.